The highest BCUT2D eigenvalue weighted by Gasteiger charge is 2.37. The molecular weight excluding hydrogens is 944 g/mol. The predicted molar refractivity (Wildman–Crippen MR) is 248 cm³/mol. The fourth-order valence-corrected chi connectivity index (χ4v) is 9.38. The lowest BCUT2D eigenvalue weighted by Crippen LogP contribution is -2.61. The Bertz CT molecular complexity index is 2440. The third kappa shape index (κ3) is 16.6. The van der Waals surface area contributed by atoms with Crippen LogP contribution in [-0.2, 0) is 65.7 Å². The number of phosphoric ester groups is 1. The largest absolute Gasteiger partial charge is 0.469 e. The minimum absolute atomic E-state index is 0.127. The van der Waals surface area contributed by atoms with Gasteiger partial charge < -0.3 is 56.2 Å². The average molecular weight is 1010 g/mol. The topological polar surface area (TPSA) is 345 Å². The number of aryl methyl sites for hydroxylation is 2. The lowest BCUT2D eigenvalue weighted by Gasteiger charge is -2.28. The van der Waals surface area contributed by atoms with Crippen molar-refractivity contribution in [2.24, 2.45) is 16.8 Å². The second kappa shape index (κ2) is 25.6. The molecule has 0 unspecified atom stereocenters. The van der Waals surface area contributed by atoms with Crippen molar-refractivity contribution in [2.75, 3.05) is 19.8 Å². The number of hydrogen-bond donors (Lipinski definition) is 8. The Morgan fingerprint density at radius 2 is 1.62 bits per heavy atom. The van der Waals surface area contributed by atoms with E-state index in [0.717, 1.165) is 16.5 Å². The van der Waals surface area contributed by atoms with Gasteiger partial charge in [0.1, 0.15) is 36.8 Å². The van der Waals surface area contributed by atoms with Crippen LogP contribution in [0.4, 0.5) is 0 Å². The number of nitrogens with zero attached hydrogens (tertiary/aromatic N) is 5. The van der Waals surface area contributed by atoms with Crippen LogP contribution in [-0.4, -0.2) is 139 Å². The number of aromatic nitrogens is 3. The van der Waals surface area contributed by atoms with E-state index in [0.29, 0.717) is 56.6 Å². The van der Waals surface area contributed by atoms with Crippen molar-refractivity contribution in [1.82, 2.24) is 39.7 Å². The summed E-state index contributed by atoms with van der Waals surface area (Å²) in [6.07, 6.45) is 6.78. The normalized spacial score (nSPS) is 16.4. The molecule has 2 aromatic heterocycles. The number of primary amides is 1. The Balaban J connectivity index is 1.45. The Kier molecular flexibility index (Phi) is 20.6. The van der Waals surface area contributed by atoms with Gasteiger partial charge >= 0.3 is 7.82 Å². The third-order valence-corrected chi connectivity index (χ3v) is 13.4. The number of unbranched alkanes of at least 4 members (excludes halogenated alkanes) is 2. The van der Waals surface area contributed by atoms with E-state index in [1.807, 2.05) is 20.8 Å². The molecule has 0 spiro atoms. The number of amides is 6. The number of phosphoric acid groups is 1. The predicted octanol–water partition coefficient (Wildman–Crippen LogP) is -0.0349. The second-order valence-electron chi connectivity index (χ2n) is 17.0. The molecule has 1 aliphatic rings. The summed E-state index contributed by atoms with van der Waals surface area (Å²) < 4.78 is 45.1. The van der Waals surface area contributed by atoms with E-state index in [2.05, 4.69) is 35.9 Å². The van der Waals surface area contributed by atoms with Crippen molar-refractivity contribution >= 4 is 59.5 Å². The molecule has 3 aromatic rings. The van der Waals surface area contributed by atoms with Gasteiger partial charge in [-0.25, -0.2) is 21.9 Å². The molecule has 69 heavy (non-hydrogen) atoms. The fourth-order valence-electron chi connectivity index (χ4n) is 7.51. The molecule has 9 N–H and O–H groups in total. The minimum atomic E-state index is -5.15. The van der Waals surface area contributed by atoms with Gasteiger partial charge in [-0.05, 0) is 82.6 Å². The van der Waals surface area contributed by atoms with E-state index in [9.17, 15) is 56.6 Å². The van der Waals surface area contributed by atoms with Crippen LogP contribution in [0.3, 0.4) is 0 Å². The lowest BCUT2D eigenvalue weighted by atomic mass is 10.0. The standard InChI is InChI=1S/C43H63N10O14PS/c1-27(2)21-34(48-43(60)37-12-10-18-52(37)30(5)55)40(57)47-35(41(58)49-36(25-54)42(59)50-38(39(44)56)29(4)67-68(61,62)63)22-32-23-45-26-51(32)17-7-6-8-20-66-46-24-31-11-9-19-53(31)69(64,65)33-15-13-28(3)14-16-33/h9,11,13-16,19,23-24,26-27,29,34-38,54H,6-8,10,12,17-18,20-22,25H2,1-5H3,(H2,44,56)(H,47,57)(H,48,60)(H,49,58)(H,50,59)(H2,61,62,63)/b46-24+/t29-,34+,35+,36+,37+,38+/m1/s1. The number of carbonyl (C=O) groups is 6. The molecule has 4 rings (SSSR count). The van der Waals surface area contributed by atoms with Crippen LogP contribution >= 0.6 is 7.82 Å². The Morgan fingerprint density at radius 1 is 0.957 bits per heavy atom. The number of oxime groups is 1. The SMILES string of the molecule is CC(=O)N1CCC[C@H]1C(=O)N[C@@H](CC(C)C)C(=O)N[C@@H](Cc1cncn1CCCCCO/N=C/c1cccn1S(=O)(=O)c1ccc(C)cc1)C(=O)N[C@@H](CO)C(=O)N[C@H](C(N)=O)[C@@H](C)OP(=O)(O)O. The number of aliphatic hydroxyl groups is 1. The zero-order valence-electron chi connectivity index (χ0n) is 39.1. The molecule has 0 saturated carbocycles. The summed E-state index contributed by atoms with van der Waals surface area (Å²) in [6.45, 7) is 7.87. The summed E-state index contributed by atoms with van der Waals surface area (Å²) in [4.78, 5) is 109. The van der Waals surface area contributed by atoms with Crippen LogP contribution in [0.15, 0.2) is 65.2 Å². The van der Waals surface area contributed by atoms with Gasteiger partial charge in [-0.1, -0.05) is 36.7 Å². The second-order valence-corrected chi connectivity index (χ2v) is 20.0. The van der Waals surface area contributed by atoms with Crippen LogP contribution in [0.5, 0.6) is 0 Å². The summed E-state index contributed by atoms with van der Waals surface area (Å²) >= 11 is 0. The molecule has 1 fully saturated rings. The molecule has 1 aliphatic heterocycles. The number of rotatable bonds is 27. The molecular formula is C43H63N10O14PS. The van der Waals surface area contributed by atoms with Crippen molar-refractivity contribution in [2.45, 2.75) is 127 Å². The van der Waals surface area contributed by atoms with Gasteiger partial charge in [0.2, 0.25) is 35.4 Å². The molecule has 26 heteroatoms. The highest BCUT2D eigenvalue weighted by Crippen LogP contribution is 2.38. The maximum atomic E-state index is 14.1. The average Bonchev–Trinajstić information content (AvgIpc) is 4.06. The van der Waals surface area contributed by atoms with Crippen LogP contribution in [0, 0.1) is 12.8 Å². The summed E-state index contributed by atoms with van der Waals surface area (Å²) in [7, 11) is -9.00. The smallest absolute Gasteiger partial charge is 0.396 e. The van der Waals surface area contributed by atoms with Gasteiger partial charge in [-0.15, -0.1) is 0 Å². The maximum Gasteiger partial charge on any atom is 0.469 e. The van der Waals surface area contributed by atoms with Gasteiger partial charge in [0.05, 0.1) is 35.8 Å². The number of imidazole rings is 1. The van der Waals surface area contributed by atoms with Crippen LogP contribution in [0.1, 0.15) is 83.2 Å². The van der Waals surface area contributed by atoms with E-state index in [1.54, 1.807) is 28.8 Å². The number of carbonyl (C=O) groups excluding carboxylic acids is 6. The van der Waals surface area contributed by atoms with E-state index >= 15 is 0 Å². The van der Waals surface area contributed by atoms with Gasteiger partial charge in [0, 0.05) is 44.5 Å². The number of aliphatic hydroxyl groups excluding tert-OH is 1. The zero-order valence-corrected chi connectivity index (χ0v) is 40.8. The van der Waals surface area contributed by atoms with E-state index in [1.165, 1.54) is 48.9 Å². The molecule has 6 amide bonds. The first-order chi connectivity index (χ1) is 32.5. The van der Waals surface area contributed by atoms with Crippen molar-refractivity contribution < 1.29 is 66.0 Å². The summed E-state index contributed by atoms with van der Waals surface area (Å²) in [5.74, 6) is -5.14. The lowest BCUT2D eigenvalue weighted by molar-refractivity contribution is -0.139. The molecule has 0 radical (unpaired) electrons. The molecule has 0 bridgehead atoms. The van der Waals surface area contributed by atoms with E-state index in [-0.39, 0.29) is 36.2 Å². The van der Waals surface area contributed by atoms with Crippen LogP contribution in [0.2, 0.25) is 0 Å². The summed E-state index contributed by atoms with van der Waals surface area (Å²) in [5, 5.41) is 24.0. The molecule has 6 atom stereocenters. The molecule has 380 valence electrons. The van der Waals surface area contributed by atoms with Crippen LogP contribution < -0.4 is 27.0 Å². The maximum absolute atomic E-state index is 14.1. The van der Waals surface area contributed by atoms with Crippen LogP contribution in [0.25, 0.3) is 0 Å². The number of nitrogens with two attached hydrogens (primary N) is 1. The Morgan fingerprint density at radius 3 is 2.26 bits per heavy atom. The van der Waals surface area contributed by atoms with Crippen molar-refractivity contribution in [3.05, 3.63) is 72.1 Å². The number of benzene rings is 1. The Hall–Kier alpha value is -5.98. The highest BCUT2D eigenvalue weighted by molar-refractivity contribution is 7.90. The molecule has 0 aliphatic carbocycles. The first kappa shape index (κ1) is 55.6. The summed E-state index contributed by atoms with van der Waals surface area (Å²) in [5.41, 5.74) is 7.03. The van der Waals surface area contributed by atoms with Gasteiger partial charge in [-0.3, -0.25) is 33.3 Å². The fraction of sp³-hybridized carbons (Fsp3) is 0.535. The van der Waals surface area contributed by atoms with Gasteiger partial charge in [0.25, 0.3) is 10.0 Å². The number of likely N-dealkylation sites (tertiary alicyclic amines) is 1. The van der Waals surface area contributed by atoms with Crippen molar-refractivity contribution in [1.29, 1.82) is 0 Å². The highest BCUT2D eigenvalue weighted by atomic mass is 32.2. The molecule has 1 aromatic carbocycles. The molecule has 24 nitrogen and oxygen atoms in total. The number of nitrogens with one attached hydrogen (secondary N) is 4. The Labute approximate surface area is 400 Å². The number of hydrogen-bond acceptors (Lipinski definition) is 14. The van der Waals surface area contributed by atoms with Crippen molar-refractivity contribution in [3.8, 4) is 0 Å². The zero-order chi connectivity index (χ0) is 51.1. The molecule has 1 saturated heterocycles. The van der Waals surface area contributed by atoms with Gasteiger partial charge in [-0.2, -0.15) is 0 Å². The molecule has 3 heterocycles. The minimum Gasteiger partial charge on any atom is -0.396 e. The van der Waals surface area contributed by atoms with Gasteiger partial charge in [0.15, 0.2) is 0 Å². The summed E-state index contributed by atoms with van der Waals surface area (Å²) in [6, 6.07) is 2.63. The third-order valence-electron chi connectivity index (χ3n) is 11.1. The van der Waals surface area contributed by atoms with E-state index in [4.69, 9.17) is 10.6 Å². The van der Waals surface area contributed by atoms with E-state index < -0.39 is 90.3 Å². The first-order valence-electron chi connectivity index (χ1n) is 22.3. The quantitative estimate of drug-likeness (QED) is 0.0215. The first-order valence-corrected chi connectivity index (χ1v) is 25.3. The monoisotopic (exact) mass is 1010 g/mol. The van der Waals surface area contributed by atoms with Crippen molar-refractivity contribution in [3.63, 3.8) is 0 Å².